The van der Waals surface area contributed by atoms with Crippen LogP contribution in [0.3, 0.4) is 0 Å². The van der Waals surface area contributed by atoms with E-state index in [1.54, 1.807) is 7.11 Å². The summed E-state index contributed by atoms with van der Waals surface area (Å²) in [5, 5.41) is 0. The van der Waals surface area contributed by atoms with Gasteiger partial charge in [0.1, 0.15) is 0 Å². The van der Waals surface area contributed by atoms with E-state index < -0.39 is 0 Å². The lowest BCUT2D eigenvalue weighted by Crippen LogP contribution is -2.51. The Hall–Kier alpha value is 0.360. The zero-order valence-electron chi connectivity index (χ0n) is 9.15. The molecule has 88 valence electrons. The molecule has 0 bridgehead atoms. The lowest BCUT2D eigenvalue weighted by atomic mass is 9.91. The van der Waals surface area contributed by atoms with Crippen molar-refractivity contribution in [2.75, 3.05) is 20.3 Å². The Morgan fingerprint density at radius 3 is 2.87 bits per heavy atom. The first-order chi connectivity index (χ1) is 7.31. The third-order valence-corrected chi connectivity index (χ3v) is 4.12. The Morgan fingerprint density at radius 2 is 2.27 bits per heavy atom. The van der Waals surface area contributed by atoms with E-state index in [0.29, 0.717) is 10.9 Å². The molecule has 1 aliphatic carbocycles. The van der Waals surface area contributed by atoms with Crippen molar-refractivity contribution < 1.29 is 14.2 Å². The van der Waals surface area contributed by atoms with Gasteiger partial charge >= 0.3 is 0 Å². The van der Waals surface area contributed by atoms with Crippen LogP contribution in [0.5, 0.6) is 0 Å². The van der Waals surface area contributed by atoms with Gasteiger partial charge in [-0.2, -0.15) is 0 Å². The van der Waals surface area contributed by atoms with Gasteiger partial charge < -0.3 is 14.2 Å². The van der Waals surface area contributed by atoms with Crippen LogP contribution in [0.4, 0.5) is 0 Å². The maximum absolute atomic E-state index is 5.81. The minimum atomic E-state index is 0.216. The summed E-state index contributed by atoms with van der Waals surface area (Å²) in [7, 11) is 1.74. The van der Waals surface area contributed by atoms with Crippen LogP contribution in [0.1, 0.15) is 25.7 Å². The summed E-state index contributed by atoms with van der Waals surface area (Å²) >= 11 is 3.56. The summed E-state index contributed by atoms with van der Waals surface area (Å²) < 4.78 is 16.8. The van der Waals surface area contributed by atoms with Crippen molar-refractivity contribution in [1.29, 1.82) is 0 Å². The van der Waals surface area contributed by atoms with Crippen LogP contribution in [-0.2, 0) is 14.2 Å². The van der Waals surface area contributed by atoms with Crippen LogP contribution in [0, 0.1) is 0 Å². The molecule has 1 saturated carbocycles. The van der Waals surface area contributed by atoms with E-state index in [0.717, 1.165) is 26.1 Å². The zero-order chi connectivity index (χ0) is 10.7. The Morgan fingerprint density at radius 1 is 1.40 bits per heavy atom. The number of halogens is 1. The fourth-order valence-electron chi connectivity index (χ4n) is 2.16. The molecule has 0 spiro atoms. The van der Waals surface area contributed by atoms with E-state index in [-0.39, 0.29) is 12.2 Å². The SMILES string of the molecule is COC1C(Br)CC1OCC1CCCCO1. The Labute approximate surface area is 99.6 Å². The second kappa shape index (κ2) is 5.62. The number of rotatable bonds is 4. The quantitative estimate of drug-likeness (QED) is 0.738. The topological polar surface area (TPSA) is 27.7 Å². The number of ether oxygens (including phenoxy) is 3. The standard InChI is InChI=1S/C11H19BrO3/c1-13-11-9(12)6-10(11)15-7-8-4-2-3-5-14-8/h8-11H,2-7H2,1H3. The van der Waals surface area contributed by atoms with Gasteiger partial charge in [0.25, 0.3) is 0 Å². The molecule has 4 heteroatoms. The third-order valence-electron chi connectivity index (χ3n) is 3.22. The van der Waals surface area contributed by atoms with Crippen molar-refractivity contribution in [3.05, 3.63) is 0 Å². The molecule has 0 aromatic carbocycles. The van der Waals surface area contributed by atoms with Gasteiger partial charge in [-0.15, -0.1) is 0 Å². The fourth-order valence-corrected chi connectivity index (χ4v) is 3.08. The highest BCUT2D eigenvalue weighted by Gasteiger charge is 2.40. The molecule has 0 radical (unpaired) electrons. The van der Waals surface area contributed by atoms with Crippen molar-refractivity contribution in [2.24, 2.45) is 0 Å². The highest BCUT2D eigenvalue weighted by atomic mass is 79.9. The van der Waals surface area contributed by atoms with Gasteiger partial charge in [0.2, 0.25) is 0 Å². The van der Waals surface area contributed by atoms with E-state index in [9.17, 15) is 0 Å². The zero-order valence-corrected chi connectivity index (χ0v) is 10.7. The lowest BCUT2D eigenvalue weighted by Gasteiger charge is -2.40. The number of hydrogen-bond donors (Lipinski definition) is 0. The molecule has 4 atom stereocenters. The Bertz CT molecular complexity index is 194. The van der Waals surface area contributed by atoms with E-state index in [1.165, 1.54) is 12.8 Å². The van der Waals surface area contributed by atoms with Crippen LogP contribution >= 0.6 is 15.9 Å². The lowest BCUT2D eigenvalue weighted by molar-refractivity contribution is -0.135. The summed E-state index contributed by atoms with van der Waals surface area (Å²) in [5.74, 6) is 0. The maximum Gasteiger partial charge on any atom is 0.0958 e. The van der Waals surface area contributed by atoms with Gasteiger partial charge in [-0.05, 0) is 25.7 Å². The van der Waals surface area contributed by atoms with E-state index in [1.807, 2.05) is 0 Å². The van der Waals surface area contributed by atoms with Crippen molar-refractivity contribution in [1.82, 2.24) is 0 Å². The number of alkyl halides is 1. The molecule has 2 fully saturated rings. The molecule has 4 unspecified atom stereocenters. The van der Waals surface area contributed by atoms with Crippen LogP contribution in [-0.4, -0.2) is 43.5 Å². The monoisotopic (exact) mass is 278 g/mol. The summed E-state index contributed by atoms with van der Waals surface area (Å²) in [4.78, 5) is 0.458. The highest BCUT2D eigenvalue weighted by molar-refractivity contribution is 9.09. The summed E-state index contributed by atoms with van der Waals surface area (Å²) in [5.41, 5.74) is 0. The van der Waals surface area contributed by atoms with Crippen LogP contribution in [0.2, 0.25) is 0 Å². The van der Waals surface area contributed by atoms with Crippen molar-refractivity contribution >= 4 is 15.9 Å². The second-order valence-electron chi connectivity index (χ2n) is 4.31. The molecule has 3 nitrogen and oxygen atoms in total. The van der Waals surface area contributed by atoms with Gasteiger partial charge in [-0.1, -0.05) is 15.9 Å². The number of methoxy groups -OCH3 is 1. The molecule has 1 aliphatic heterocycles. The molecule has 0 aromatic heterocycles. The van der Waals surface area contributed by atoms with Gasteiger partial charge in [-0.3, -0.25) is 0 Å². The first-order valence-corrected chi connectivity index (χ1v) is 6.63. The average molecular weight is 279 g/mol. The molecule has 1 heterocycles. The minimum absolute atomic E-state index is 0.216. The van der Waals surface area contributed by atoms with E-state index in [4.69, 9.17) is 14.2 Å². The molecule has 2 rings (SSSR count). The molecule has 0 amide bonds. The third kappa shape index (κ3) is 2.93. The van der Waals surface area contributed by atoms with Crippen molar-refractivity contribution in [2.45, 2.75) is 48.8 Å². The van der Waals surface area contributed by atoms with Gasteiger partial charge in [0.05, 0.1) is 24.9 Å². The molecule has 0 N–H and O–H groups in total. The molecule has 15 heavy (non-hydrogen) atoms. The summed E-state index contributed by atoms with van der Waals surface area (Å²) in [6, 6.07) is 0. The average Bonchev–Trinajstić information content (AvgIpc) is 2.26. The van der Waals surface area contributed by atoms with Gasteiger partial charge in [0.15, 0.2) is 0 Å². The van der Waals surface area contributed by atoms with Crippen LogP contribution in [0.15, 0.2) is 0 Å². The first kappa shape index (κ1) is 11.8. The largest absolute Gasteiger partial charge is 0.378 e. The summed E-state index contributed by atoms with van der Waals surface area (Å²) in [6.07, 6.45) is 5.44. The molecule has 0 aromatic rings. The van der Waals surface area contributed by atoms with Crippen LogP contribution in [0.25, 0.3) is 0 Å². The molecule has 2 aliphatic rings. The second-order valence-corrected chi connectivity index (χ2v) is 5.49. The van der Waals surface area contributed by atoms with Crippen LogP contribution < -0.4 is 0 Å². The van der Waals surface area contributed by atoms with E-state index >= 15 is 0 Å². The molecular formula is C11H19BrO3. The Kier molecular flexibility index (Phi) is 4.43. The maximum atomic E-state index is 5.81. The smallest absolute Gasteiger partial charge is 0.0958 e. The first-order valence-electron chi connectivity index (χ1n) is 5.71. The predicted molar refractivity (Wildman–Crippen MR) is 61.5 cm³/mol. The van der Waals surface area contributed by atoms with Crippen molar-refractivity contribution in [3.8, 4) is 0 Å². The van der Waals surface area contributed by atoms with Gasteiger partial charge in [0, 0.05) is 18.5 Å². The van der Waals surface area contributed by atoms with Crippen molar-refractivity contribution in [3.63, 3.8) is 0 Å². The van der Waals surface area contributed by atoms with E-state index in [2.05, 4.69) is 15.9 Å². The minimum Gasteiger partial charge on any atom is -0.378 e. The predicted octanol–water partition coefficient (Wildman–Crippen LogP) is 2.12. The Balaban J connectivity index is 1.65. The fraction of sp³-hybridized carbons (Fsp3) is 1.00. The highest BCUT2D eigenvalue weighted by Crippen LogP contribution is 2.33. The molecular weight excluding hydrogens is 260 g/mol. The number of hydrogen-bond acceptors (Lipinski definition) is 3. The van der Waals surface area contributed by atoms with Gasteiger partial charge in [-0.25, -0.2) is 0 Å². The molecule has 1 saturated heterocycles. The normalized spacial score (nSPS) is 41.2. The summed E-state index contributed by atoms with van der Waals surface area (Å²) in [6.45, 7) is 1.62.